The molecule has 7 heteroatoms. The van der Waals surface area contributed by atoms with Gasteiger partial charge in [-0.25, -0.2) is 17.8 Å². The van der Waals surface area contributed by atoms with Crippen LogP contribution in [0.3, 0.4) is 0 Å². The summed E-state index contributed by atoms with van der Waals surface area (Å²) in [6, 6.07) is 1.50. The molecule has 0 aliphatic carbocycles. The summed E-state index contributed by atoms with van der Waals surface area (Å²) in [7, 11) is -1.48. The van der Waals surface area contributed by atoms with E-state index in [1.807, 2.05) is 0 Å². The van der Waals surface area contributed by atoms with Crippen LogP contribution in [0, 0.1) is 5.82 Å². The Morgan fingerprint density at radius 3 is 2.71 bits per heavy atom. The van der Waals surface area contributed by atoms with Gasteiger partial charge >= 0.3 is 0 Å². The predicted molar refractivity (Wildman–Crippen MR) is 66.7 cm³/mol. The quantitative estimate of drug-likeness (QED) is 0.766. The summed E-state index contributed by atoms with van der Waals surface area (Å²) in [4.78, 5) is 5.35. The topological polar surface area (TPSA) is 50.3 Å². The summed E-state index contributed by atoms with van der Waals surface area (Å²) < 4.78 is 35.8. The first-order valence-corrected chi connectivity index (χ1v) is 7.53. The molecule has 1 rings (SSSR count). The van der Waals surface area contributed by atoms with Crippen molar-refractivity contribution in [2.24, 2.45) is 0 Å². The molecular formula is C10H14ClFN2O2S. The zero-order valence-corrected chi connectivity index (χ0v) is 11.2. The van der Waals surface area contributed by atoms with Gasteiger partial charge in [0, 0.05) is 31.6 Å². The van der Waals surface area contributed by atoms with Crippen LogP contribution in [-0.2, 0) is 15.7 Å². The molecule has 96 valence electrons. The number of alkyl halides is 1. The van der Waals surface area contributed by atoms with E-state index in [2.05, 4.69) is 4.98 Å². The van der Waals surface area contributed by atoms with E-state index >= 15 is 0 Å². The minimum atomic E-state index is -3.07. The summed E-state index contributed by atoms with van der Waals surface area (Å²) in [5.74, 6) is -0.373. The van der Waals surface area contributed by atoms with Crippen molar-refractivity contribution < 1.29 is 12.8 Å². The SMILES string of the molecule is CN(CCS(C)(=O)=O)c1nccc(CCl)c1F. The lowest BCUT2D eigenvalue weighted by Gasteiger charge is -2.18. The van der Waals surface area contributed by atoms with E-state index in [4.69, 9.17) is 11.6 Å². The fraction of sp³-hybridized carbons (Fsp3) is 0.500. The van der Waals surface area contributed by atoms with Gasteiger partial charge < -0.3 is 4.90 Å². The van der Waals surface area contributed by atoms with Crippen LogP contribution in [0.2, 0.25) is 0 Å². The maximum atomic E-state index is 13.8. The number of nitrogens with zero attached hydrogens (tertiary/aromatic N) is 2. The predicted octanol–water partition coefficient (Wildman–Crippen LogP) is 1.44. The van der Waals surface area contributed by atoms with Gasteiger partial charge in [-0.15, -0.1) is 11.6 Å². The second-order valence-electron chi connectivity index (χ2n) is 3.79. The summed E-state index contributed by atoms with van der Waals surface area (Å²) in [5, 5.41) is 0. The smallest absolute Gasteiger partial charge is 0.170 e. The molecule has 0 aliphatic rings. The van der Waals surface area contributed by atoms with E-state index in [0.29, 0.717) is 5.56 Å². The molecule has 0 aromatic carbocycles. The Morgan fingerprint density at radius 2 is 2.18 bits per heavy atom. The number of hydrogen-bond donors (Lipinski definition) is 0. The lowest BCUT2D eigenvalue weighted by atomic mass is 10.2. The molecule has 1 aromatic rings. The van der Waals surface area contributed by atoms with Gasteiger partial charge in [0.1, 0.15) is 9.84 Å². The van der Waals surface area contributed by atoms with E-state index in [1.54, 1.807) is 7.05 Å². The van der Waals surface area contributed by atoms with Crippen molar-refractivity contribution in [1.82, 2.24) is 4.98 Å². The third-order valence-electron chi connectivity index (χ3n) is 2.25. The molecule has 0 N–H and O–H groups in total. The minimum absolute atomic E-state index is 0.0459. The molecule has 4 nitrogen and oxygen atoms in total. The average molecular weight is 281 g/mol. The van der Waals surface area contributed by atoms with Crippen LogP contribution in [0.5, 0.6) is 0 Å². The van der Waals surface area contributed by atoms with Crippen molar-refractivity contribution in [2.75, 3.05) is 30.5 Å². The van der Waals surface area contributed by atoms with Gasteiger partial charge in [-0.3, -0.25) is 0 Å². The fourth-order valence-electron chi connectivity index (χ4n) is 1.25. The Balaban J connectivity index is 2.86. The van der Waals surface area contributed by atoms with E-state index in [-0.39, 0.29) is 24.0 Å². The van der Waals surface area contributed by atoms with E-state index in [0.717, 1.165) is 6.26 Å². The van der Waals surface area contributed by atoms with Crippen LogP contribution in [0.15, 0.2) is 12.3 Å². The maximum absolute atomic E-state index is 13.8. The van der Waals surface area contributed by atoms with Crippen LogP contribution in [0.25, 0.3) is 0 Å². The highest BCUT2D eigenvalue weighted by molar-refractivity contribution is 7.90. The number of halogens is 2. The average Bonchev–Trinajstić information content (AvgIpc) is 2.25. The third-order valence-corrected chi connectivity index (χ3v) is 3.47. The first-order valence-electron chi connectivity index (χ1n) is 4.93. The van der Waals surface area contributed by atoms with Crippen molar-refractivity contribution in [2.45, 2.75) is 5.88 Å². The number of anilines is 1. The summed E-state index contributed by atoms with van der Waals surface area (Å²) in [6.07, 6.45) is 2.59. The number of aromatic nitrogens is 1. The zero-order valence-electron chi connectivity index (χ0n) is 9.65. The first kappa shape index (κ1) is 14.2. The van der Waals surface area contributed by atoms with Gasteiger partial charge in [-0.1, -0.05) is 0 Å². The second-order valence-corrected chi connectivity index (χ2v) is 6.32. The van der Waals surface area contributed by atoms with Crippen molar-refractivity contribution in [3.05, 3.63) is 23.6 Å². The monoisotopic (exact) mass is 280 g/mol. The van der Waals surface area contributed by atoms with Crippen LogP contribution in [0.4, 0.5) is 10.2 Å². The fourth-order valence-corrected chi connectivity index (χ4v) is 2.06. The molecule has 0 spiro atoms. The van der Waals surface area contributed by atoms with E-state index in [1.165, 1.54) is 17.2 Å². The molecule has 0 saturated carbocycles. The van der Waals surface area contributed by atoms with Crippen molar-refractivity contribution in [1.29, 1.82) is 0 Å². The summed E-state index contributed by atoms with van der Waals surface area (Å²) >= 11 is 5.58. The Bertz CT molecular complexity index is 493. The van der Waals surface area contributed by atoms with Gasteiger partial charge in [0.2, 0.25) is 0 Å². The van der Waals surface area contributed by atoms with Gasteiger partial charge in [0.25, 0.3) is 0 Å². The molecule has 0 saturated heterocycles. The lowest BCUT2D eigenvalue weighted by molar-refractivity contribution is 0.596. The second kappa shape index (κ2) is 5.64. The highest BCUT2D eigenvalue weighted by atomic mass is 35.5. The Morgan fingerprint density at radius 1 is 1.53 bits per heavy atom. The Kier molecular flexibility index (Phi) is 4.70. The van der Waals surface area contributed by atoms with Gasteiger partial charge in [-0.05, 0) is 6.07 Å². The highest BCUT2D eigenvalue weighted by Gasteiger charge is 2.14. The Hall–Kier alpha value is -0.880. The lowest BCUT2D eigenvalue weighted by Crippen LogP contribution is -2.26. The summed E-state index contributed by atoms with van der Waals surface area (Å²) in [5.41, 5.74) is 0.350. The van der Waals surface area contributed by atoms with Crippen LogP contribution >= 0.6 is 11.6 Å². The van der Waals surface area contributed by atoms with E-state index in [9.17, 15) is 12.8 Å². The molecule has 17 heavy (non-hydrogen) atoms. The number of hydrogen-bond acceptors (Lipinski definition) is 4. The molecule has 0 fully saturated rings. The van der Waals surface area contributed by atoms with Crippen molar-refractivity contribution in [3.63, 3.8) is 0 Å². The van der Waals surface area contributed by atoms with Gasteiger partial charge in [-0.2, -0.15) is 0 Å². The molecule has 0 bridgehead atoms. The molecule has 0 aliphatic heterocycles. The molecule has 1 aromatic heterocycles. The molecule has 1 heterocycles. The number of pyridine rings is 1. The minimum Gasteiger partial charge on any atom is -0.356 e. The van der Waals surface area contributed by atoms with Crippen molar-refractivity contribution in [3.8, 4) is 0 Å². The number of rotatable bonds is 5. The van der Waals surface area contributed by atoms with Crippen LogP contribution < -0.4 is 4.90 Å². The first-order chi connectivity index (χ1) is 7.85. The standard InChI is InChI=1S/C10H14ClFN2O2S/c1-14(5-6-17(2,15)16)10-9(12)8(7-11)3-4-13-10/h3-4H,5-7H2,1-2H3. The molecule has 0 atom stereocenters. The zero-order chi connectivity index (χ0) is 13.1. The third kappa shape index (κ3) is 4.12. The highest BCUT2D eigenvalue weighted by Crippen LogP contribution is 2.19. The number of sulfone groups is 1. The maximum Gasteiger partial charge on any atom is 0.170 e. The largest absolute Gasteiger partial charge is 0.356 e. The molecule has 0 unspecified atom stereocenters. The van der Waals surface area contributed by atoms with Gasteiger partial charge in [0.15, 0.2) is 11.6 Å². The molecular weight excluding hydrogens is 267 g/mol. The van der Waals surface area contributed by atoms with Gasteiger partial charge in [0.05, 0.1) is 11.6 Å². The van der Waals surface area contributed by atoms with Crippen LogP contribution in [0.1, 0.15) is 5.56 Å². The van der Waals surface area contributed by atoms with Crippen molar-refractivity contribution >= 4 is 27.3 Å². The van der Waals surface area contributed by atoms with E-state index < -0.39 is 15.7 Å². The van der Waals surface area contributed by atoms with Crippen LogP contribution in [-0.4, -0.2) is 39.0 Å². The summed E-state index contributed by atoms with van der Waals surface area (Å²) in [6.45, 7) is 0.189. The molecule has 0 radical (unpaired) electrons. The Labute approximate surface area is 105 Å². The normalized spacial score (nSPS) is 11.5. The molecule has 0 amide bonds.